The first-order chi connectivity index (χ1) is 15.1. The number of nitrogens with zero attached hydrogens (tertiary/aromatic N) is 4. The van der Waals surface area contributed by atoms with Crippen molar-refractivity contribution in [2.45, 2.75) is 20.0 Å². The molecule has 0 atom stereocenters. The number of hydrogen-bond donors (Lipinski definition) is 0. The lowest BCUT2D eigenvalue weighted by Gasteiger charge is -2.15. The molecular weight excluding hydrogens is 392 g/mol. The standard InChI is InChI=1S/C24H26N4O3/c1-17-21(26-24(31-17)19-8-11-22(29-3)23(14-19)30-4)16-27(2)15-18-6-9-20(10-7-18)28-13-5-12-25-28/h5-14H,15-16H2,1-4H3. The predicted octanol–water partition coefficient (Wildman–Crippen LogP) is 4.48. The average molecular weight is 418 g/mol. The molecule has 0 bridgehead atoms. The number of ether oxygens (including phenoxy) is 2. The van der Waals surface area contributed by atoms with Gasteiger partial charge in [-0.2, -0.15) is 5.10 Å². The lowest BCUT2D eigenvalue weighted by molar-refractivity contribution is 0.313. The van der Waals surface area contributed by atoms with E-state index in [1.54, 1.807) is 20.4 Å². The van der Waals surface area contributed by atoms with E-state index in [2.05, 4.69) is 41.3 Å². The van der Waals surface area contributed by atoms with Crippen molar-refractivity contribution in [2.24, 2.45) is 0 Å². The van der Waals surface area contributed by atoms with Crippen LogP contribution in [0.1, 0.15) is 17.0 Å². The maximum absolute atomic E-state index is 5.94. The minimum absolute atomic E-state index is 0.574. The first-order valence-corrected chi connectivity index (χ1v) is 10.0. The summed E-state index contributed by atoms with van der Waals surface area (Å²) in [4.78, 5) is 6.94. The van der Waals surface area contributed by atoms with Crippen LogP contribution < -0.4 is 9.47 Å². The molecule has 2 aromatic carbocycles. The van der Waals surface area contributed by atoms with Gasteiger partial charge in [0.25, 0.3) is 0 Å². The Labute approximate surface area is 181 Å². The summed E-state index contributed by atoms with van der Waals surface area (Å²) in [5.41, 5.74) is 4.03. The number of methoxy groups -OCH3 is 2. The molecule has 0 fully saturated rings. The van der Waals surface area contributed by atoms with Crippen LogP contribution in [0, 0.1) is 6.92 Å². The van der Waals surface area contributed by atoms with Crippen molar-refractivity contribution in [1.29, 1.82) is 0 Å². The smallest absolute Gasteiger partial charge is 0.226 e. The first kappa shape index (κ1) is 20.7. The van der Waals surface area contributed by atoms with Crippen LogP contribution in [0.4, 0.5) is 0 Å². The Bertz CT molecular complexity index is 1130. The van der Waals surface area contributed by atoms with E-state index >= 15 is 0 Å². The second-order valence-corrected chi connectivity index (χ2v) is 7.38. The summed E-state index contributed by atoms with van der Waals surface area (Å²) in [6.45, 7) is 3.43. The third-order valence-corrected chi connectivity index (χ3v) is 5.10. The summed E-state index contributed by atoms with van der Waals surface area (Å²) < 4.78 is 18.5. The van der Waals surface area contributed by atoms with Gasteiger partial charge in [-0.25, -0.2) is 9.67 Å². The number of aryl methyl sites for hydroxylation is 1. The summed E-state index contributed by atoms with van der Waals surface area (Å²) >= 11 is 0. The van der Waals surface area contributed by atoms with E-state index in [-0.39, 0.29) is 0 Å². The van der Waals surface area contributed by atoms with Crippen molar-refractivity contribution in [2.75, 3.05) is 21.3 Å². The maximum Gasteiger partial charge on any atom is 0.226 e. The van der Waals surface area contributed by atoms with Gasteiger partial charge in [0.1, 0.15) is 5.76 Å². The van der Waals surface area contributed by atoms with Crippen molar-refractivity contribution < 1.29 is 13.9 Å². The van der Waals surface area contributed by atoms with E-state index in [9.17, 15) is 0 Å². The Morgan fingerprint density at radius 2 is 1.77 bits per heavy atom. The van der Waals surface area contributed by atoms with Crippen LogP contribution in [0.15, 0.2) is 65.3 Å². The third-order valence-electron chi connectivity index (χ3n) is 5.10. The molecule has 7 nitrogen and oxygen atoms in total. The van der Waals surface area contributed by atoms with Crippen molar-refractivity contribution in [3.05, 3.63) is 77.9 Å². The highest BCUT2D eigenvalue weighted by Gasteiger charge is 2.15. The van der Waals surface area contributed by atoms with Gasteiger partial charge in [0.05, 0.1) is 25.6 Å². The van der Waals surface area contributed by atoms with Gasteiger partial charge in [0.15, 0.2) is 11.5 Å². The van der Waals surface area contributed by atoms with Crippen LogP contribution in [0.3, 0.4) is 0 Å². The van der Waals surface area contributed by atoms with Gasteiger partial charge in [-0.3, -0.25) is 4.90 Å². The van der Waals surface area contributed by atoms with E-state index in [4.69, 9.17) is 18.9 Å². The Morgan fingerprint density at radius 1 is 1.00 bits per heavy atom. The fourth-order valence-corrected chi connectivity index (χ4v) is 3.47. The van der Waals surface area contributed by atoms with Gasteiger partial charge in [0, 0.05) is 31.0 Å². The average Bonchev–Trinajstić information content (AvgIpc) is 3.44. The number of aromatic nitrogens is 3. The molecule has 4 rings (SSSR count). The zero-order valence-corrected chi connectivity index (χ0v) is 18.2. The van der Waals surface area contributed by atoms with Gasteiger partial charge < -0.3 is 13.9 Å². The Morgan fingerprint density at radius 3 is 2.45 bits per heavy atom. The molecule has 2 heterocycles. The molecule has 7 heteroatoms. The molecule has 0 saturated carbocycles. The molecule has 0 aliphatic carbocycles. The zero-order chi connectivity index (χ0) is 21.8. The van der Waals surface area contributed by atoms with Crippen molar-refractivity contribution in [1.82, 2.24) is 19.7 Å². The normalized spacial score (nSPS) is 11.1. The van der Waals surface area contributed by atoms with Gasteiger partial charge in [0.2, 0.25) is 5.89 Å². The second kappa shape index (κ2) is 9.06. The summed E-state index contributed by atoms with van der Waals surface area (Å²) in [7, 11) is 5.31. The van der Waals surface area contributed by atoms with Crippen LogP contribution in [-0.4, -0.2) is 40.9 Å². The Kier molecular flexibility index (Phi) is 6.04. The van der Waals surface area contributed by atoms with E-state index in [0.717, 1.165) is 29.2 Å². The van der Waals surface area contributed by atoms with Gasteiger partial charge in [-0.15, -0.1) is 0 Å². The van der Waals surface area contributed by atoms with Gasteiger partial charge >= 0.3 is 0 Å². The lowest BCUT2D eigenvalue weighted by atomic mass is 10.2. The molecule has 0 unspecified atom stereocenters. The number of oxazole rings is 1. The molecule has 160 valence electrons. The topological polar surface area (TPSA) is 65.5 Å². The summed E-state index contributed by atoms with van der Waals surface area (Å²) in [5, 5.41) is 4.26. The number of benzene rings is 2. The van der Waals surface area contributed by atoms with Crippen LogP contribution in [0.25, 0.3) is 17.1 Å². The fraction of sp³-hybridized carbons (Fsp3) is 0.250. The van der Waals surface area contributed by atoms with E-state index in [0.29, 0.717) is 23.9 Å². The van der Waals surface area contributed by atoms with Crippen LogP contribution >= 0.6 is 0 Å². The lowest BCUT2D eigenvalue weighted by Crippen LogP contribution is -2.18. The fourth-order valence-electron chi connectivity index (χ4n) is 3.47. The van der Waals surface area contributed by atoms with Crippen LogP contribution in [-0.2, 0) is 13.1 Å². The maximum atomic E-state index is 5.94. The molecule has 0 radical (unpaired) electrons. The molecular formula is C24H26N4O3. The highest BCUT2D eigenvalue weighted by molar-refractivity contribution is 5.60. The molecule has 2 aromatic heterocycles. The summed E-state index contributed by atoms with van der Waals surface area (Å²) in [6, 6.07) is 16.0. The molecule has 0 amide bonds. The highest BCUT2D eigenvalue weighted by atomic mass is 16.5. The minimum Gasteiger partial charge on any atom is -0.493 e. The Balaban J connectivity index is 1.44. The van der Waals surface area contributed by atoms with Crippen molar-refractivity contribution in [3.63, 3.8) is 0 Å². The third kappa shape index (κ3) is 4.62. The zero-order valence-electron chi connectivity index (χ0n) is 18.2. The minimum atomic E-state index is 0.574. The van der Waals surface area contributed by atoms with Crippen molar-refractivity contribution in [3.8, 4) is 28.6 Å². The highest BCUT2D eigenvalue weighted by Crippen LogP contribution is 2.32. The van der Waals surface area contributed by atoms with Gasteiger partial charge in [-0.05, 0) is 55.9 Å². The quantitative estimate of drug-likeness (QED) is 0.420. The van der Waals surface area contributed by atoms with E-state index < -0.39 is 0 Å². The SMILES string of the molecule is COc1ccc(-c2nc(CN(C)Cc3ccc(-n4cccn4)cc3)c(C)o2)cc1OC. The second-order valence-electron chi connectivity index (χ2n) is 7.38. The van der Waals surface area contributed by atoms with Crippen LogP contribution in [0.2, 0.25) is 0 Å². The molecule has 0 spiro atoms. The molecule has 0 saturated heterocycles. The van der Waals surface area contributed by atoms with Gasteiger partial charge in [-0.1, -0.05) is 12.1 Å². The molecule has 31 heavy (non-hydrogen) atoms. The molecule has 0 aliphatic rings. The number of hydrogen-bond acceptors (Lipinski definition) is 6. The number of rotatable bonds is 8. The van der Waals surface area contributed by atoms with E-state index in [1.807, 2.05) is 42.1 Å². The molecule has 0 aliphatic heterocycles. The largest absolute Gasteiger partial charge is 0.493 e. The van der Waals surface area contributed by atoms with Crippen LogP contribution in [0.5, 0.6) is 11.5 Å². The summed E-state index contributed by atoms with van der Waals surface area (Å²) in [6.07, 6.45) is 3.71. The molecule has 0 N–H and O–H groups in total. The summed E-state index contributed by atoms with van der Waals surface area (Å²) in [5.74, 6) is 2.71. The Hall–Kier alpha value is -3.58. The van der Waals surface area contributed by atoms with Crippen molar-refractivity contribution >= 4 is 0 Å². The monoisotopic (exact) mass is 418 g/mol. The van der Waals surface area contributed by atoms with E-state index in [1.165, 1.54) is 5.56 Å². The molecule has 4 aromatic rings. The predicted molar refractivity (Wildman–Crippen MR) is 119 cm³/mol. The first-order valence-electron chi connectivity index (χ1n) is 10.0.